The SMILES string of the molecule is Cc1ccc(CN2CCN(c3cc(CC4CC4(F)F)cc(F)c3C#N)C[C@@H]2C)nn1. The monoisotopic (exact) mass is 415 g/mol. The van der Waals surface area contributed by atoms with E-state index in [1.807, 2.05) is 30.0 Å². The van der Waals surface area contributed by atoms with E-state index in [4.69, 9.17) is 0 Å². The van der Waals surface area contributed by atoms with Gasteiger partial charge in [0.15, 0.2) is 0 Å². The number of benzene rings is 1. The number of nitriles is 1. The van der Waals surface area contributed by atoms with Crippen LogP contribution in [0.15, 0.2) is 24.3 Å². The number of aromatic nitrogens is 2. The lowest BCUT2D eigenvalue weighted by Gasteiger charge is -2.41. The van der Waals surface area contributed by atoms with Crippen molar-refractivity contribution in [2.24, 2.45) is 5.92 Å². The molecule has 2 aromatic rings. The minimum absolute atomic E-state index is 0.0219. The van der Waals surface area contributed by atoms with E-state index in [0.29, 0.717) is 37.4 Å². The average Bonchev–Trinajstić information content (AvgIpc) is 3.30. The molecule has 2 aliphatic rings. The molecule has 1 saturated heterocycles. The van der Waals surface area contributed by atoms with Crippen LogP contribution in [0.2, 0.25) is 0 Å². The van der Waals surface area contributed by atoms with Crippen LogP contribution >= 0.6 is 0 Å². The number of hydrogen-bond donors (Lipinski definition) is 0. The van der Waals surface area contributed by atoms with Crippen LogP contribution in [-0.2, 0) is 13.0 Å². The zero-order chi connectivity index (χ0) is 21.5. The molecule has 0 N–H and O–H groups in total. The van der Waals surface area contributed by atoms with E-state index in [1.54, 1.807) is 6.07 Å². The molecule has 0 radical (unpaired) electrons. The molecule has 1 saturated carbocycles. The average molecular weight is 415 g/mol. The standard InChI is InChI=1S/C22H24F3N5/c1-14-3-4-18(28-27-14)13-29-5-6-30(12-15(29)2)21-9-16(7-17-10-22(17,24)25)8-20(23)19(21)11-26/h3-4,8-9,15,17H,5-7,10,12-13H2,1-2H3/t15-,17?/m0/s1. The molecule has 1 aromatic heterocycles. The molecule has 1 aromatic carbocycles. The lowest BCUT2D eigenvalue weighted by Crippen LogP contribution is -2.51. The van der Waals surface area contributed by atoms with Gasteiger partial charge in [-0.05, 0) is 50.1 Å². The van der Waals surface area contributed by atoms with Gasteiger partial charge in [0.05, 0.1) is 17.1 Å². The molecule has 0 spiro atoms. The van der Waals surface area contributed by atoms with Crippen molar-refractivity contribution in [2.45, 2.75) is 45.2 Å². The second-order valence-electron chi connectivity index (χ2n) is 8.38. The highest BCUT2D eigenvalue weighted by molar-refractivity contribution is 5.62. The van der Waals surface area contributed by atoms with Gasteiger partial charge < -0.3 is 4.90 Å². The first kappa shape index (κ1) is 20.6. The van der Waals surface area contributed by atoms with Crippen molar-refractivity contribution < 1.29 is 13.2 Å². The van der Waals surface area contributed by atoms with E-state index in [9.17, 15) is 18.4 Å². The van der Waals surface area contributed by atoms with Crippen molar-refractivity contribution in [3.63, 3.8) is 0 Å². The van der Waals surface area contributed by atoms with Crippen molar-refractivity contribution in [2.75, 3.05) is 24.5 Å². The summed E-state index contributed by atoms with van der Waals surface area (Å²) in [6, 6.07) is 8.93. The Kier molecular flexibility index (Phi) is 5.41. The third kappa shape index (κ3) is 4.26. The fourth-order valence-corrected chi connectivity index (χ4v) is 4.07. The first-order chi connectivity index (χ1) is 14.3. The number of rotatable bonds is 5. The van der Waals surface area contributed by atoms with Crippen molar-refractivity contribution in [3.05, 3.63) is 52.6 Å². The molecule has 4 rings (SSSR count). The molecule has 158 valence electrons. The van der Waals surface area contributed by atoms with Crippen LogP contribution in [0.3, 0.4) is 0 Å². The van der Waals surface area contributed by atoms with Crippen molar-refractivity contribution in [1.82, 2.24) is 15.1 Å². The van der Waals surface area contributed by atoms with Gasteiger partial charge in [-0.1, -0.05) is 0 Å². The summed E-state index contributed by atoms with van der Waals surface area (Å²) in [5.74, 6) is -4.02. The zero-order valence-corrected chi connectivity index (χ0v) is 17.1. The van der Waals surface area contributed by atoms with Gasteiger partial charge in [-0.3, -0.25) is 4.90 Å². The first-order valence-corrected chi connectivity index (χ1v) is 10.2. The highest BCUT2D eigenvalue weighted by atomic mass is 19.3. The van der Waals surface area contributed by atoms with Gasteiger partial charge in [-0.25, -0.2) is 13.2 Å². The van der Waals surface area contributed by atoms with E-state index < -0.39 is 17.7 Å². The van der Waals surface area contributed by atoms with E-state index in [1.165, 1.54) is 6.07 Å². The number of aryl methyl sites for hydroxylation is 1. The maximum atomic E-state index is 14.6. The van der Waals surface area contributed by atoms with E-state index >= 15 is 0 Å². The molecule has 0 amide bonds. The summed E-state index contributed by atoms with van der Waals surface area (Å²) < 4.78 is 41.2. The normalized spacial score (nSPS) is 23.3. The molecule has 8 heteroatoms. The molecular weight excluding hydrogens is 391 g/mol. The molecule has 1 unspecified atom stereocenters. The van der Waals surface area contributed by atoms with Crippen molar-refractivity contribution >= 4 is 5.69 Å². The number of nitrogens with zero attached hydrogens (tertiary/aromatic N) is 5. The maximum absolute atomic E-state index is 14.6. The molecule has 2 atom stereocenters. The topological polar surface area (TPSA) is 56.0 Å². The van der Waals surface area contributed by atoms with Crippen LogP contribution in [0.1, 0.15) is 35.9 Å². The smallest absolute Gasteiger partial charge is 0.251 e. The van der Waals surface area contributed by atoms with Crippen molar-refractivity contribution in [3.8, 4) is 6.07 Å². The predicted molar refractivity (Wildman–Crippen MR) is 107 cm³/mol. The second kappa shape index (κ2) is 7.88. The quantitative estimate of drug-likeness (QED) is 0.745. The predicted octanol–water partition coefficient (Wildman–Crippen LogP) is 3.70. The van der Waals surface area contributed by atoms with Gasteiger partial charge in [0, 0.05) is 44.6 Å². The summed E-state index contributed by atoms with van der Waals surface area (Å²) >= 11 is 0. The Hall–Kier alpha value is -2.66. The highest BCUT2D eigenvalue weighted by Crippen LogP contribution is 2.50. The Labute approximate surface area is 174 Å². The second-order valence-corrected chi connectivity index (χ2v) is 8.38. The molecule has 2 heterocycles. The van der Waals surface area contributed by atoms with Gasteiger partial charge in [-0.15, -0.1) is 0 Å². The molecule has 1 aliphatic heterocycles. The van der Waals surface area contributed by atoms with E-state index in [-0.39, 0.29) is 24.4 Å². The fourth-order valence-electron chi connectivity index (χ4n) is 4.07. The number of alkyl halides is 2. The number of anilines is 1. The third-order valence-electron chi connectivity index (χ3n) is 6.00. The molecule has 2 fully saturated rings. The maximum Gasteiger partial charge on any atom is 0.251 e. The molecule has 1 aliphatic carbocycles. The first-order valence-electron chi connectivity index (χ1n) is 10.2. The lowest BCUT2D eigenvalue weighted by molar-refractivity contribution is 0.0989. The highest BCUT2D eigenvalue weighted by Gasteiger charge is 2.56. The summed E-state index contributed by atoms with van der Waals surface area (Å²) in [6.45, 7) is 6.57. The Morgan fingerprint density at radius 2 is 2.00 bits per heavy atom. The largest absolute Gasteiger partial charge is 0.368 e. The van der Waals surface area contributed by atoms with Crippen LogP contribution in [-0.4, -0.2) is 46.7 Å². The summed E-state index contributed by atoms with van der Waals surface area (Å²) in [6.07, 6.45) is -0.0220. The minimum Gasteiger partial charge on any atom is -0.368 e. The summed E-state index contributed by atoms with van der Waals surface area (Å²) in [4.78, 5) is 4.25. The summed E-state index contributed by atoms with van der Waals surface area (Å²) in [7, 11) is 0. The Bertz CT molecular complexity index is 970. The van der Waals surface area contributed by atoms with Crippen LogP contribution in [0.25, 0.3) is 0 Å². The van der Waals surface area contributed by atoms with Crippen LogP contribution in [0, 0.1) is 30.0 Å². The van der Waals surface area contributed by atoms with Crippen LogP contribution < -0.4 is 4.90 Å². The van der Waals surface area contributed by atoms with Gasteiger partial charge in [0.25, 0.3) is 5.92 Å². The number of hydrogen-bond acceptors (Lipinski definition) is 5. The lowest BCUT2D eigenvalue weighted by atomic mass is 10.0. The van der Waals surface area contributed by atoms with E-state index in [2.05, 4.69) is 22.0 Å². The molecule has 0 bridgehead atoms. The van der Waals surface area contributed by atoms with Gasteiger partial charge >= 0.3 is 0 Å². The van der Waals surface area contributed by atoms with Crippen LogP contribution in [0.5, 0.6) is 0 Å². The summed E-state index contributed by atoms with van der Waals surface area (Å²) in [5.41, 5.74) is 2.75. The number of halogens is 3. The minimum atomic E-state index is -2.65. The number of piperazine rings is 1. The Morgan fingerprint density at radius 3 is 2.60 bits per heavy atom. The van der Waals surface area contributed by atoms with Gasteiger partial charge in [0.2, 0.25) is 0 Å². The fraction of sp³-hybridized carbons (Fsp3) is 0.500. The van der Waals surface area contributed by atoms with Gasteiger partial charge in [0.1, 0.15) is 17.4 Å². The third-order valence-corrected chi connectivity index (χ3v) is 6.00. The molecular formula is C22H24F3N5. The van der Waals surface area contributed by atoms with Crippen molar-refractivity contribution in [1.29, 1.82) is 5.26 Å². The summed E-state index contributed by atoms with van der Waals surface area (Å²) in [5, 5.41) is 17.8. The zero-order valence-electron chi connectivity index (χ0n) is 17.1. The molecule has 30 heavy (non-hydrogen) atoms. The van der Waals surface area contributed by atoms with Gasteiger partial charge in [-0.2, -0.15) is 15.5 Å². The molecule has 5 nitrogen and oxygen atoms in total. The van der Waals surface area contributed by atoms with Crippen LogP contribution in [0.4, 0.5) is 18.9 Å². The Balaban J connectivity index is 1.49. The Morgan fingerprint density at radius 1 is 1.23 bits per heavy atom. The van der Waals surface area contributed by atoms with E-state index in [0.717, 1.165) is 11.4 Å².